The van der Waals surface area contributed by atoms with Crippen LogP contribution in [-0.2, 0) is 11.3 Å². The van der Waals surface area contributed by atoms with Gasteiger partial charge in [-0.2, -0.15) is 0 Å². The first-order chi connectivity index (χ1) is 5.43. The van der Waals surface area contributed by atoms with Gasteiger partial charge in [0, 0.05) is 5.75 Å². The van der Waals surface area contributed by atoms with Gasteiger partial charge < -0.3 is 4.74 Å². The molecule has 0 aliphatic heterocycles. The number of benzene rings is 1. The molecule has 0 bridgehead atoms. The molecule has 1 nitrogen and oxygen atoms in total. The van der Waals surface area contributed by atoms with E-state index < -0.39 is 0 Å². The van der Waals surface area contributed by atoms with E-state index in [1.165, 1.54) is 5.56 Å². The van der Waals surface area contributed by atoms with Crippen molar-refractivity contribution in [1.82, 2.24) is 0 Å². The highest BCUT2D eigenvalue weighted by Gasteiger charge is 1.88. The van der Waals surface area contributed by atoms with Gasteiger partial charge >= 0.3 is 0 Å². The van der Waals surface area contributed by atoms with Gasteiger partial charge in [-0.15, -0.1) is 0 Å². The van der Waals surface area contributed by atoms with E-state index in [1.54, 1.807) is 0 Å². The summed E-state index contributed by atoms with van der Waals surface area (Å²) >= 11 is 4.74. The number of hydrogen-bond donors (Lipinski definition) is 0. The second kappa shape index (κ2) is 5.22. The largest absolute Gasteiger partial charge is 0.376 e. The predicted octanol–water partition coefficient (Wildman–Crippen LogP) is 2.40. The van der Waals surface area contributed by atoms with Gasteiger partial charge in [-0.1, -0.05) is 43.0 Å². The van der Waals surface area contributed by atoms with Crippen LogP contribution in [0.4, 0.5) is 0 Å². The van der Waals surface area contributed by atoms with E-state index in [-0.39, 0.29) is 0 Å². The summed E-state index contributed by atoms with van der Waals surface area (Å²) < 4.78 is 5.26. The molecule has 0 aliphatic rings. The summed E-state index contributed by atoms with van der Waals surface area (Å²) in [6, 6.07) is 10.1. The highest BCUT2D eigenvalue weighted by molar-refractivity contribution is 7.80. The van der Waals surface area contributed by atoms with Crippen molar-refractivity contribution < 1.29 is 4.74 Å². The minimum Gasteiger partial charge on any atom is -0.376 e. The predicted molar refractivity (Wildman–Crippen MR) is 48.6 cm³/mol. The number of ether oxygens (including phenoxy) is 1. The van der Waals surface area contributed by atoms with E-state index >= 15 is 0 Å². The van der Waals surface area contributed by atoms with E-state index in [0.29, 0.717) is 19.0 Å². The Kier molecular flexibility index (Phi) is 4.09. The second-order valence-electron chi connectivity index (χ2n) is 2.24. The normalized spacial score (nSPS) is 9.91. The molecule has 0 heterocycles. The van der Waals surface area contributed by atoms with Gasteiger partial charge in [0.15, 0.2) is 0 Å². The zero-order valence-electron chi connectivity index (χ0n) is 6.32. The molecule has 1 aromatic carbocycles. The van der Waals surface area contributed by atoms with Crippen molar-refractivity contribution in [1.29, 1.82) is 0 Å². The van der Waals surface area contributed by atoms with Crippen LogP contribution in [0.25, 0.3) is 0 Å². The van der Waals surface area contributed by atoms with Gasteiger partial charge in [-0.05, 0) is 5.56 Å². The van der Waals surface area contributed by atoms with Gasteiger partial charge in [0.1, 0.15) is 0 Å². The Morgan fingerprint density at radius 2 is 1.91 bits per heavy atom. The summed E-state index contributed by atoms with van der Waals surface area (Å²) in [5, 5.41) is 0. The Balaban J connectivity index is 2.28. The third kappa shape index (κ3) is 3.44. The van der Waals surface area contributed by atoms with Crippen molar-refractivity contribution in [2.24, 2.45) is 0 Å². The van der Waals surface area contributed by atoms with Gasteiger partial charge in [0.25, 0.3) is 0 Å². The molecule has 0 amide bonds. The molecule has 2 heteroatoms. The summed E-state index contributed by atoms with van der Waals surface area (Å²) in [5.41, 5.74) is 1.20. The molecule has 0 saturated heterocycles. The molecule has 1 aromatic rings. The summed E-state index contributed by atoms with van der Waals surface area (Å²) in [7, 11) is 0. The first-order valence-corrected chi connectivity index (χ1v) is 4.21. The van der Waals surface area contributed by atoms with E-state index in [2.05, 4.69) is 0 Å². The fourth-order valence-electron chi connectivity index (χ4n) is 0.823. The van der Waals surface area contributed by atoms with Crippen molar-refractivity contribution in [3.05, 3.63) is 35.9 Å². The molecular weight excluding hydrogens is 156 g/mol. The molecule has 0 aliphatic carbocycles. The lowest BCUT2D eigenvalue weighted by Crippen LogP contribution is -1.95. The zero-order chi connectivity index (χ0) is 7.94. The van der Waals surface area contributed by atoms with Crippen molar-refractivity contribution >= 4 is 12.6 Å². The Labute approximate surface area is 72.8 Å². The summed E-state index contributed by atoms with van der Waals surface area (Å²) in [5.74, 6) is 0.673. The fourth-order valence-corrected chi connectivity index (χ4v) is 0.941. The standard InChI is InChI=1S/C9H11OS/c11-7-6-10-8-9-4-2-1-3-5-9/h1-5H,6-8H2. The smallest absolute Gasteiger partial charge is 0.0717 e. The summed E-state index contributed by atoms with van der Waals surface area (Å²) in [6.45, 7) is 1.35. The minimum absolute atomic E-state index is 0.671. The van der Waals surface area contributed by atoms with Crippen LogP contribution in [0.5, 0.6) is 0 Å². The zero-order valence-corrected chi connectivity index (χ0v) is 7.14. The fraction of sp³-hybridized carbons (Fsp3) is 0.333. The van der Waals surface area contributed by atoms with Crippen molar-refractivity contribution in [2.45, 2.75) is 6.61 Å². The molecule has 0 saturated carbocycles. The Bertz CT molecular complexity index is 186. The van der Waals surface area contributed by atoms with Crippen LogP contribution in [0.15, 0.2) is 30.3 Å². The maximum Gasteiger partial charge on any atom is 0.0717 e. The molecular formula is C9H11OS. The van der Waals surface area contributed by atoms with Crippen LogP contribution in [0.3, 0.4) is 0 Å². The monoisotopic (exact) mass is 167 g/mol. The Hall–Kier alpha value is -0.470. The summed E-state index contributed by atoms with van der Waals surface area (Å²) in [6.07, 6.45) is 0. The second-order valence-corrected chi connectivity index (χ2v) is 2.65. The first kappa shape index (κ1) is 8.62. The van der Waals surface area contributed by atoms with Crippen LogP contribution >= 0.6 is 12.6 Å². The third-order valence-corrected chi connectivity index (χ3v) is 1.51. The van der Waals surface area contributed by atoms with Gasteiger partial charge in [-0.25, -0.2) is 0 Å². The van der Waals surface area contributed by atoms with E-state index in [9.17, 15) is 0 Å². The van der Waals surface area contributed by atoms with Gasteiger partial charge in [0.2, 0.25) is 0 Å². The topological polar surface area (TPSA) is 9.23 Å². The van der Waals surface area contributed by atoms with Crippen LogP contribution in [0.1, 0.15) is 5.56 Å². The van der Waals surface area contributed by atoms with E-state index in [1.807, 2.05) is 30.3 Å². The average molecular weight is 167 g/mol. The maximum absolute atomic E-state index is 5.26. The molecule has 0 N–H and O–H groups in total. The first-order valence-electron chi connectivity index (χ1n) is 3.63. The Morgan fingerprint density at radius 3 is 2.55 bits per heavy atom. The molecule has 59 valence electrons. The molecule has 0 aromatic heterocycles. The van der Waals surface area contributed by atoms with Crippen LogP contribution in [0.2, 0.25) is 0 Å². The van der Waals surface area contributed by atoms with Gasteiger partial charge in [-0.3, -0.25) is 0 Å². The molecule has 0 atom stereocenters. The quantitative estimate of drug-likeness (QED) is 0.626. The number of rotatable bonds is 4. The molecule has 0 spiro atoms. The summed E-state index contributed by atoms with van der Waals surface area (Å²) in [4.78, 5) is 0. The minimum atomic E-state index is 0.671. The molecule has 11 heavy (non-hydrogen) atoms. The van der Waals surface area contributed by atoms with E-state index in [0.717, 1.165) is 0 Å². The lowest BCUT2D eigenvalue weighted by atomic mass is 10.2. The average Bonchev–Trinajstić information content (AvgIpc) is 2.07. The SMILES string of the molecule is [S]CCOCc1ccccc1. The molecule has 0 fully saturated rings. The van der Waals surface area contributed by atoms with Crippen molar-refractivity contribution in [2.75, 3.05) is 12.4 Å². The number of hydrogen-bond acceptors (Lipinski definition) is 1. The van der Waals surface area contributed by atoms with Gasteiger partial charge in [0.05, 0.1) is 13.2 Å². The highest BCUT2D eigenvalue weighted by atomic mass is 32.1. The van der Waals surface area contributed by atoms with Crippen molar-refractivity contribution in [3.8, 4) is 0 Å². The van der Waals surface area contributed by atoms with Crippen LogP contribution in [-0.4, -0.2) is 12.4 Å². The Morgan fingerprint density at radius 1 is 1.18 bits per heavy atom. The van der Waals surface area contributed by atoms with Crippen LogP contribution in [0, 0.1) is 0 Å². The maximum atomic E-state index is 5.26. The molecule has 1 radical (unpaired) electrons. The molecule has 1 rings (SSSR count). The third-order valence-electron chi connectivity index (χ3n) is 1.34. The lowest BCUT2D eigenvalue weighted by molar-refractivity contribution is 0.136. The van der Waals surface area contributed by atoms with Crippen LogP contribution < -0.4 is 0 Å². The lowest BCUT2D eigenvalue weighted by Gasteiger charge is -2.00. The van der Waals surface area contributed by atoms with Crippen molar-refractivity contribution in [3.63, 3.8) is 0 Å². The van der Waals surface area contributed by atoms with E-state index in [4.69, 9.17) is 17.4 Å². The molecule has 0 unspecified atom stereocenters. The highest BCUT2D eigenvalue weighted by Crippen LogP contribution is 1.99.